The van der Waals surface area contributed by atoms with Crippen LogP contribution >= 0.6 is 0 Å². The molecule has 3 aromatic heterocycles. The van der Waals surface area contributed by atoms with Crippen LogP contribution < -0.4 is 15.7 Å². The molecule has 0 spiro atoms. The average molecular weight is 1020 g/mol. The van der Waals surface area contributed by atoms with Gasteiger partial charge in [-0.1, -0.05) is 194 Å². The van der Waals surface area contributed by atoms with E-state index in [1.807, 2.05) is 0 Å². The van der Waals surface area contributed by atoms with E-state index in [4.69, 9.17) is 4.42 Å². The predicted molar refractivity (Wildman–Crippen MR) is 335 cm³/mol. The number of benzene rings is 7. The first-order valence-electron chi connectivity index (χ1n) is 28.5. The molecule has 0 aliphatic carbocycles. The summed E-state index contributed by atoms with van der Waals surface area (Å²) in [5.41, 5.74) is 23.1. The molecule has 4 nitrogen and oxygen atoms in total. The lowest BCUT2D eigenvalue weighted by molar-refractivity contribution is 0.553. The third-order valence-corrected chi connectivity index (χ3v) is 17.5. The van der Waals surface area contributed by atoms with E-state index in [0.29, 0.717) is 0 Å². The van der Waals surface area contributed by atoms with Gasteiger partial charge in [-0.3, -0.25) is 0 Å². The normalized spacial score (nSPS) is 14.5. The van der Waals surface area contributed by atoms with Crippen LogP contribution in [-0.2, 0) is 37.9 Å². The Bertz CT molecular complexity index is 4100. The van der Waals surface area contributed by atoms with Crippen LogP contribution in [0.5, 0.6) is 0 Å². The quantitative estimate of drug-likeness (QED) is 0.161. The molecule has 0 saturated heterocycles. The van der Waals surface area contributed by atoms with E-state index < -0.39 is 0 Å². The van der Waals surface area contributed by atoms with Crippen molar-refractivity contribution in [2.75, 3.05) is 4.81 Å². The van der Waals surface area contributed by atoms with Crippen molar-refractivity contribution in [2.45, 2.75) is 183 Å². The molecule has 10 aromatic rings. The Kier molecular flexibility index (Phi) is 10.7. The Morgan fingerprint density at radius 1 is 0.377 bits per heavy atom. The lowest BCUT2D eigenvalue weighted by Gasteiger charge is -2.41. The van der Waals surface area contributed by atoms with E-state index in [1.165, 1.54) is 116 Å². The molecule has 7 aromatic carbocycles. The molecule has 0 saturated carbocycles. The van der Waals surface area contributed by atoms with Crippen LogP contribution in [0.4, 0.5) is 11.4 Å². The number of hydrogen-bond acceptors (Lipinski definition) is 2. The van der Waals surface area contributed by atoms with Crippen molar-refractivity contribution in [2.24, 2.45) is 0 Å². The van der Waals surface area contributed by atoms with Gasteiger partial charge in [0.15, 0.2) is 5.76 Å². The second kappa shape index (κ2) is 16.1. The molecule has 5 heterocycles. The molecule has 0 fully saturated rings. The maximum atomic E-state index is 7.68. The Labute approximate surface area is 460 Å². The molecule has 0 atom stereocenters. The van der Waals surface area contributed by atoms with Crippen LogP contribution in [0.15, 0.2) is 120 Å². The molecular formula is C72H82BN3O. The van der Waals surface area contributed by atoms with Gasteiger partial charge in [-0.25, -0.2) is 0 Å². The lowest BCUT2D eigenvalue weighted by atomic mass is 9.43. The molecule has 394 valence electrons. The highest BCUT2D eigenvalue weighted by atomic mass is 16.3. The Morgan fingerprint density at radius 3 is 1.43 bits per heavy atom. The van der Waals surface area contributed by atoms with Crippen molar-refractivity contribution in [3.63, 3.8) is 0 Å². The summed E-state index contributed by atoms with van der Waals surface area (Å²) in [4.78, 5) is 2.70. The fourth-order valence-corrected chi connectivity index (χ4v) is 12.8. The molecule has 0 unspecified atom stereocenters. The number of aromatic nitrogens is 2. The lowest BCUT2D eigenvalue weighted by Crippen LogP contribution is -2.60. The summed E-state index contributed by atoms with van der Waals surface area (Å²) in [7, 11) is 0. The van der Waals surface area contributed by atoms with Crippen molar-refractivity contribution in [1.29, 1.82) is 0 Å². The monoisotopic (exact) mass is 1020 g/mol. The van der Waals surface area contributed by atoms with Gasteiger partial charge >= 0.3 is 6.85 Å². The van der Waals surface area contributed by atoms with E-state index in [2.05, 4.69) is 275 Å². The number of rotatable bonds is 2. The van der Waals surface area contributed by atoms with Gasteiger partial charge < -0.3 is 18.4 Å². The minimum absolute atomic E-state index is 0.00397. The van der Waals surface area contributed by atoms with E-state index in [-0.39, 0.29) is 44.8 Å². The van der Waals surface area contributed by atoms with Gasteiger partial charge in [-0.15, -0.1) is 0 Å². The van der Waals surface area contributed by atoms with Gasteiger partial charge in [0.25, 0.3) is 0 Å². The molecule has 0 radical (unpaired) electrons. The number of nitrogens with zero attached hydrogens (tertiary/aromatic N) is 3. The number of fused-ring (bicyclic) bond motifs is 13. The zero-order valence-electron chi connectivity index (χ0n) is 50.3. The maximum absolute atomic E-state index is 7.68. The van der Waals surface area contributed by atoms with Gasteiger partial charge in [0.05, 0.1) is 27.8 Å². The molecule has 2 aliphatic heterocycles. The second-order valence-corrected chi connectivity index (χ2v) is 30.5. The van der Waals surface area contributed by atoms with Crippen molar-refractivity contribution >= 4 is 83.7 Å². The fourth-order valence-electron chi connectivity index (χ4n) is 12.8. The van der Waals surface area contributed by atoms with Gasteiger partial charge in [0, 0.05) is 55.1 Å². The van der Waals surface area contributed by atoms with Crippen LogP contribution in [0.3, 0.4) is 0 Å². The molecule has 2 aliphatic rings. The van der Waals surface area contributed by atoms with E-state index in [9.17, 15) is 0 Å². The van der Waals surface area contributed by atoms with Crippen LogP contribution in [0, 0.1) is 0 Å². The smallest absolute Gasteiger partial charge is 0.333 e. The van der Waals surface area contributed by atoms with Crippen LogP contribution in [-0.4, -0.2) is 16.0 Å². The fraction of sp³-hybridized carbons (Fsp3) is 0.389. The first kappa shape index (κ1) is 51.3. The third-order valence-electron chi connectivity index (χ3n) is 17.5. The Balaban J connectivity index is 1.30. The van der Waals surface area contributed by atoms with E-state index in [0.717, 1.165) is 22.7 Å². The van der Waals surface area contributed by atoms with E-state index >= 15 is 0 Å². The Hall–Kier alpha value is -6.46. The zero-order chi connectivity index (χ0) is 55.4. The number of furan rings is 1. The van der Waals surface area contributed by atoms with Crippen LogP contribution in [0.25, 0.3) is 77.3 Å². The maximum Gasteiger partial charge on any atom is 0.333 e. The SMILES string of the molecule is CC(C)(C)c1ccc(N2B3c4c(cc(C(C)(C)C)cc4-n4c5ccc6c7cc(C(C)(C)C)ccc7n(-c7ccc(C(C)(C)C)cc7)c6c5c5cc(C(C)(C)C)cc3c54)-c3oc4c(C(C)(C)C)cc(C(C)(C)C)cc4c32)cc1. The first-order valence-corrected chi connectivity index (χ1v) is 28.5. The highest BCUT2D eigenvalue weighted by molar-refractivity contribution is 6.94. The molecule has 5 heteroatoms. The standard InChI is InChI=1S/C72H82BN3O/c1-66(2,3)41-22-27-47(28-23-41)74-56-32-26-43(68(7,8)9)34-50(56)49-31-33-57-59(62(49)74)51-35-45(70(13,14)15)39-55-61(51)75(57)58-40-46(71(16,17)18)36-52-60(58)73(55)76(48-29-24-42(25-30-48)67(4,5)6)63-53-37-44(69(10,11)12)38-54(72(19,20)21)64(53)77-65(52)63/h22-40H,1-21H3. The van der Waals surface area contributed by atoms with Gasteiger partial charge in [-0.05, 0) is 149 Å². The van der Waals surface area contributed by atoms with Crippen molar-refractivity contribution in [3.05, 3.63) is 154 Å². The van der Waals surface area contributed by atoms with Gasteiger partial charge in [0.2, 0.25) is 0 Å². The predicted octanol–water partition coefficient (Wildman–Crippen LogP) is 18.9. The molecule has 0 bridgehead atoms. The van der Waals surface area contributed by atoms with Crippen LogP contribution in [0.2, 0.25) is 0 Å². The Morgan fingerprint density at radius 2 is 0.870 bits per heavy atom. The number of anilines is 2. The third kappa shape index (κ3) is 7.81. The summed E-state index contributed by atoms with van der Waals surface area (Å²) < 4.78 is 13.0. The first-order chi connectivity index (χ1) is 35.6. The molecule has 77 heavy (non-hydrogen) atoms. The molecular weight excluding hydrogens is 934 g/mol. The largest absolute Gasteiger partial charge is 0.454 e. The summed E-state index contributed by atoms with van der Waals surface area (Å²) in [6.45, 7) is 49.0. The average Bonchev–Trinajstić information content (AvgIpc) is 3.78. The van der Waals surface area contributed by atoms with Gasteiger partial charge in [0.1, 0.15) is 5.58 Å². The minimum atomic E-state index is -0.179. The van der Waals surface area contributed by atoms with Crippen LogP contribution in [0.1, 0.15) is 184 Å². The molecule has 12 rings (SSSR count). The van der Waals surface area contributed by atoms with Crippen molar-refractivity contribution in [3.8, 4) is 22.7 Å². The summed E-state index contributed by atoms with van der Waals surface area (Å²) in [6, 6.07) is 46.2. The summed E-state index contributed by atoms with van der Waals surface area (Å²) in [5, 5.41) is 6.33. The molecule has 0 amide bonds. The highest BCUT2D eigenvalue weighted by Crippen LogP contribution is 2.53. The number of hydrogen-bond donors (Lipinski definition) is 0. The van der Waals surface area contributed by atoms with Crippen molar-refractivity contribution < 1.29 is 4.42 Å². The van der Waals surface area contributed by atoms with Crippen molar-refractivity contribution in [1.82, 2.24) is 9.13 Å². The summed E-state index contributed by atoms with van der Waals surface area (Å²) >= 11 is 0. The topological polar surface area (TPSA) is 26.2 Å². The zero-order valence-corrected chi connectivity index (χ0v) is 50.3. The van der Waals surface area contributed by atoms with Gasteiger partial charge in [-0.2, -0.15) is 0 Å². The summed E-state index contributed by atoms with van der Waals surface area (Å²) in [5.74, 6) is 0.953. The highest BCUT2D eigenvalue weighted by Gasteiger charge is 2.48. The van der Waals surface area contributed by atoms with E-state index in [1.54, 1.807) is 0 Å². The molecule has 0 N–H and O–H groups in total. The second-order valence-electron chi connectivity index (χ2n) is 30.5. The minimum Gasteiger partial charge on any atom is -0.454 e. The summed E-state index contributed by atoms with van der Waals surface area (Å²) in [6.07, 6.45) is 0.